The molecule has 0 amide bonds. The first-order chi connectivity index (χ1) is 20.5. The minimum atomic E-state index is -0.849. The zero-order valence-electron chi connectivity index (χ0n) is 24.8. The predicted molar refractivity (Wildman–Crippen MR) is 166 cm³/mol. The number of aromatic nitrogens is 2. The molecule has 8 bridgehead atoms. The first-order valence-electron chi connectivity index (χ1n) is 14.1. The fraction of sp³-hybridized carbons (Fsp3) is 0.303. The average Bonchev–Trinajstić information content (AvgIpc) is 3.64. The fourth-order valence-corrected chi connectivity index (χ4v) is 5.95. The smallest absolute Gasteiger partial charge is 0.303 e. The van der Waals surface area contributed by atoms with E-state index >= 15 is 0 Å². The lowest BCUT2D eigenvalue weighted by Crippen LogP contribution is -2.15. The van der Waals surface area contributed by atoms with Gasteiger partial charge in [-0.1, -0.05) is 13.2 Å². The molecule has 0 saturated carbocycles. The number of fused-ring (bicyclic) bond motifs is 6. The average molecular weight is 585 g/mol. The highest BCUT2D eigenvalue weighted by Crippen LogP contribution is 2.35. The molecule has 0 saturated heterocycles. The Balaban J connectivity index is 1.76. The standard InChI is InChI=1S/C33H36N4O6/c1-16-9-22-12-27-19(4)23(7-8-33(38)39)30(35-27)14-28-21(6)25(11-18(3)43-41)32(37-28)15-29-20(5)24(10-17(2)42-40)31(36-29)13-26(16)34-22/h9,12-13,15,30,34,37,40-41H,2-3,7-8,10-11,14H2,1,4-6H3,(H,38,39)/b22-12-,26-13-,29-15-. The van der Waals surface area contributed by atoms with Crippen LogP contribution >= 0.6 is 0 Å². The molecule has 5 heterocycles. The van der Waals surface area contributed by atoms with Crippen LogP contribution in [0, 0.1) is 13.8 Å². The van der Waals surface area contributed by atoms with E-state index in [2.05, 4.69) is 32.9 Å². The molecule has 0 aliphatic carbocycles. The van der Waals surface area contributed by atoms with E-state index in [-0.39, 0.29) is 36.8 Å². The third kappa shape index (κ3) is 5.97. The number of aliphatic carboxylic acids is 1. The summed E-state index contributed by atoms with van der Waals surface area (Å²) < 4.78 is 0. The van der Waals surface area contributed by atoms with E-state index in [1.807, 2.05) is 52.0 Å². The van der Waals surface area contributed by atoms with Gasteiger partial charge in [-0.05, 0) is 97.4 Å². The molecule has 0 fully saturated rings. The maximum absolute atomic E-state index is 11.5. The molecule has 1 unspecified atom stereocenters. The summed E-state index contributed by atoms with van der Waals surface area (Å²) in [6, 6.07) is 1.81. The van der Waals surface area contributed by atoms with Gasteiger partial charge in [0.25, 0.3) is 0 Å². The molecule has 2 aromatic heterocycles. The van der Waals surface area contributed by atoms with E-state index in [1.54, 1.807) is 0 Å². The third-order valence-corrected chi connectivity index (χ3v) is 8.41. The van der Waals surface area contributed by atoms with Crippen molar-refractivity contribution in [2.24, 2.45) is 9.98 Å². The van der Waals surface area contributed by atoms with E-state index in [0.717, 1.165) is 72.5 Å². The fourth-order valence-electron chi connectivity index (χ4n) is 5.95. The van der Waals surface area contributed by atoms with Crippen molar-refractivity contribution in [3.63, 3.8) is 0 Å². The summed E-state index contributed by atoms with van der Waals surface area (Å²) in [6.07, 6.45) is 7.42. The molecule has 5 N–H and O–H groups in total. The number of nitrogens with one attached hydrogen (secondary N) is 2. The summed E-state index contributed by atoms with van der Waals surface area (Å²) in [5.41, 5.74) is 10.6. The lowest BCUT2D eigenvalue weighted by atomic mass is 9.94. The number of aromatic amines is 2. The molecule has 0 radical (unpaired) electrons. The second-order valence-corrected chi connectivity index (χ2v) is 11.3. The van der Waals surface area contributed by atoms with Crippen LogP contribution in [0.1, 0.15) is 61.2 Å². The van der Waals surface area contributed by atoms with Crippen LogP contribution in [0.2, 0.25) is 0 Å². The highest BCUT2D eigenvalue weighted by atomic mass is 17.1. The van der Waals surface area contributed by atoms with Gasteiger partial charge in [-0.15, -0.1) is 0 Å². The topological polar surface area (TPSA) is 153 Å². The number of hydrogen-bond acceptors (Lipinski definition) is 7. The predicted octanol–water partition coefficient (Wildman–Crippen LogP) is 4.83. The molecule has 3 aliphatic heterocycles. The van der Waals surface area contributed by atoms with Gasteiger partial charge in [0.15, 0.2) is 0 Å². The molecule has 5 rings (SSSR count). The number of carboxylic acids is 1. The summed E-state index contributed by atoms with van der Waals surface area (Å²) in [5.74, 6) is -0.457. The van der Waals surface area contributed by atoms with Crippen LogP contribution in [0.4, 0.5) is 0 Å². The van der Waals surface area contributed by atoms with Crippen LogP contribution in [0.25, 0.3) is 18.2 Å². The summed E-state index contributed by atoms with van der Waals surface area (Å²) in [7, 11) is 0. The van der Waals surface area contributed by atoms with Crippen LogP contribution < -0.4 is 10.7 Å². The number of aryl methyl sites for hydroxylation is 1. The monoisotopic (exact) mass is 584 g/mol. The van der Waals surface area contributed by atoms with Gasteiger partial charge < -0.3 is 24.8 Å². The molecule has 2 aromatic rings. The molecule has 1 atom stereocenters. The lowest BCUT2D eigenvalue weighted by molar-refractivity contribution is -0.204. The second kappa shape index (κ2) is 11.9. The normalized spacial score (nSPS) is 20.4. The lowest BCUT2D eigenvalue weighted by Gasteiger charge is -2.13. The van der Waals surface area contributed by atoms with Crippen molar-refractivity contribution in [2.75, 3.05) is 0 Å². The van der Waals surface area contributed by atoms with Crippen LogP contribution in [0.3, 0.4) is 0 Å². The molecule has 3 aliphatic rings. The number of H-pyrrole nitrogens is 2. The number of nitrogens with zero attached hydrogens (tertiary/aromatic N) is 2. The minimum Gasteiger partial charge on any atom is -0.481 e. The molecule has 0 spiro atoms. The molecule has 43 heavy (non-hydrogen) atoms. The van der Waals surface area contributed by atoms with Gasteiger partial charge in [-0.25, -0.2) is 15.5 Å². The van der Waals surface area contributed by atoms with Crippen molar-refractivity contribution < 1.29 is 30.2 Å². The largest absolute Gasteiger partial charge is 0.481 e. The highest BCUT2D eigenvalue weighted by molar-refractivity contribution is 6.24. The van der Waals surface area contributed by atoms with Crippen molar-refractivity contribution in [1.82, 2.24) is 9.97 Å². The van der Waals surface area contributed by atoms with E-state index in [1.165, 1.54) is 0 Å². The van der Waals surface area contributed by atoms with Crippen molar-refractivity contribution in [1.29, 1.82) is 0 Å². The van der Waals surface area contributed by atoms with Crippen molar-refractivity contribution in [3.05, 3.63) is 97.5 Å². The first kappa shape index (κ1) is 29.8. The zero-order chi connectivity index (χ0) is 31.0. The van der Waals surface area contributed by atoms with Gasteiger partial charge in [0.2, 0.25) is 0 Å². The maximum Gasteiger partial charge on any atom is 0.303 e. The number of carbonyl (C=O) groups is 1. The Labute approximate surface area is 249 Å². The van der Waals surface area contributed by atoms with Gasteiger partial charge in [0.05, 0.1) is 23.2 Å². The molecular formula is C33H36N4O6. The van der Waals surface area contributed by atoms with Crippen molar-refractivity contribution in [3.8, 4) is 0 Å². The van der Waals surface area contributed by atoms with Crippen LogP contribution in [-0.4, -0.2) is 49.0 Å². The van der Waals surface area contributed by atoms with Gasteiger partial charge in [0, 0.05) is 47.8 Å². The Bertz CT molecular complexity index is 1830. The number of rotatable bonds is 9. The quantitative estimate of drug-likeness (QED) is 0.162. The summed E-state index contributed by atoms with van der Waals surface area (Å²) in [4.78, 5) is 37.5. The number of aliphatic imine (C=N–C) groups is 2. The van der Waals surface area contributed by atoms with Gasteiger partial charge in [-0.3, -0.25) is 9.79 Å². The number of hydrogen-bond donors (Lipinski definition) is 5. The summed E-state index contributed by atoms with van der Waals surface area (Å²) in [5, 5.41) is 29.7. The van der Waals surface area contributed by atoms with Crippen molar-refractivity contribution >= 4 is 35.6 Å². The van der Waals surface area contributed by atoms with Crippen molar-refractivity contribution in [2.45, 2.75) is 65.8 Å². The highest BCUT2D eigenvalue weighted by Gasteiger charge is 2.28. The summed E-state index contributed by atoms with van der Waals surface area (Å²) in [6.45, 7) is 15.6. The Morgan fingerprint density at radius 3 is 2.42 bits per heavy atom. The van der Waals surface area contributed by atoms with Crippen LogP contribution in [0.15, 0.2) is 68.7 Å². The third-order valence-electron chi connectivity index (χ3n) is 8.41. The Kier molecular flexibility index (Phi) is 8.25. The van der Waals surface area contributed by atoms with E-state index in [0.29, 0.717) is 18.6 Å². The maximum atomic E-state index is 11.5. The van der Waals surface area contributed by atoms with E-state index in [4.69, 9.17) is 9.98 Å². The second-order valence-electron chi connectivity index (χ2n) is 11.3. The van der Waals surface area contributed by atoms with Gasteiger partial charge >= 0.3 is 5.97 Å². The van der Waals surface area contributed by atoms with Gasteiger partial charge in [0.1, 0.15) is 11.5 Å². The Morgan fingerprint density at radius 2 is 1.72 bits per heavy atom. The summed E-state index contributed by atoms with van der Waals surface area (Å²) >= 11 is 0. The minimum absolute atomic E-state index is 0.0223. The van der Waals surface area contributed by atoms with E-state index in [9.17, 15) is 20.4 Å². The molecular weight excluding hydrogens is 548 g/mol. The van der Waals surface area contributed by atoms with Gasteiger partial charge in [-0.2, -0.15) is 0 Å². The Morgan fingerprint density at radius 1 is 1.00 bits per heavy atom. The molecule has 224 valence electrons. The number of allylic oxidation sites excluding steroid dienone is 4. The molecule has 0 aromatic carbocycles. The van der Waals surface area contributed by atoms with Crippen LogP contribution in [0.5, 0.6) is 0 Å². The van der Waals surface area contributed by atoms with Crippen LogP contribution in [-0.2, 0) is 27.4 Å². The molecule has 10 heteroatoms. The van der Waals surface area contributed by atoms with E-state index < -0.39 is 5.97 Å². The first-order valence-corrected chi connectivity index (χ1v) is 14.1. The number of carboxylic acid groups (broad SMARTS) is 1. The zero-order valence-corrected chi connectivity index (χ0v) is 24.8. The SMILES string of the molecule is C=C(CC1=C(C)/C2=C/c3[nH]c(c(C)c3CC(=C)OO)CC3N=C(/C=c4/cc(C)/c([nH]4)=C/C1=N2)C(C)=C3CCC(=O)O)OO. The Hall–Kier alpha value is -4.67. The molecule has 10 nitrogen and oxygen atoms in total.